The topological polar surface area (TPSA) is 67.8 Å². The van der Waals surface area contributed by atoms with E-state index in [1.165, 1.54) is 19.3 Å². The molecule has 0 N–H and O–H groups in total. The number of halogens is 1. The molecule has 1 atom stereocenters. The first-order chi connectivity index (χ1) is 17.5. The third-order valence-electron chi connectivity index (χ3n) is 6.29. The van der Waals surface area contributed by atoms with Gasteiger partial charge in [-0.05, 0) is 61.4 Å². The largest absolute Gasteiger partial charge is 0.494 e. The lowest BCUT2D eigenvalue weighted by Crippen LogP contribution is -2.55. The van der Waals surface area contributed by atoms with Crippen LogP contribution >= 0.6 is 0 Å². The fourth-order valence-corrected chi connectivity index (χ4v) is 4.44. The maximum Gasteiger partial charge on any atom is 0.246 e. The van der Waals surface area contributed by atoms with Crippen molar-refractivity contribution in [3.63, 3.8) is 0 Å². The van der Waals surface area contributed by atoms with Gasteiger partial charge in [-0.2, -0.15) is 0 Å². The first kappa shape index (κ1) is 25.2. The molecule has 0 bridgehead atoms. The van der Waals surface area contributed by atoms with E-state index >= 15 is 0 Å². The molecule has 1 saturated heterocycles. The summed E-state index contributed by atoms with van der Waals surface area (Å²) in [6.07, 6.45) is 5.83. The van der Waals surface area contributed by atoms with Gasteiger partial charge in [0.15, 0.2) is 17.4 Å². The molecule has 188 valence electrons. The number of anilines is 1. The molecular weight excluding hydrogens is 459 g/mol. The third-order valence-corrected chi connectivity index (χ3v) is 6.29. The second kappa shape index (κ2) is 11.2. The molecule has 1 amide bonds. The standard InChI is InChI=1S/C28H31FN4O3/c1-5-20-18-32(14-15-33(20)27(34)6-2)28-22-17-21(36-7-3)10-12-24(22)30-26(31-28)13-9-19-8-11-23(29)25(16-19)35-4/h6,8-13,16-17,20H,2,5,7,14-15,18H2,1,3-4H3/b13-9+. The summed E-state index contributed by atoms with van der Waals surface area (Å²) >= 11 is 0. The quantitative estimate of drug-likeness (QED) is 0.416. The number of methoxy groups -OCH3 is 1. The number of piperazine rings is 1. The molecule has 0 saturated carbocycles. The molecule has 1 aliphatic rings. The van der Waals surface area contributed by atoms with Crippen molar-refractivity contribution in [1.29, 1.82) is 0 Å². The van der Waals surface area contributed by atoms with Crippen LogP contribution in [-0.2, 0) is 4.79 Å². The summed E-state index contributed by atoms with van der Waals surface area (Å²) in [4.78, 5) is 26.1. The van der Waals surface area contributed by atoms with E-state index in [-0.39, 0.29) is 17.7 Å². The van der Waals surface area contributed by atoms with Gasteiger partial charge in [-0.25, -0.2) is 14.4 Å². The van der Waals surface area contributed by atoms with Gasteiger partial charge in [0, 0.05) is 31.1 Å². The number of benzene rings is 2. The number of amides is 1. The van der Waals surface area contributed by atoms with Gasteiger partial charge >= 0.3 is 0 Å². The first-order valence-corrected chi connectivity index (χ1v) is 12.1. The number of fused-ring (bicyclic) bond motifs is 1. The van der Waals surface area contributed by atoms with E-state index in [1.807, 2.05) is 36.1 Å². The van der Waals surface area contributed by atoms with Crippen LogP contribution in [-0.4, -0.2) is 60.2 Å². The van der Waals surface area contributed by atoms with Crippen molar-refractivity contribution >= 4 is 34.8 Å². The monoisotopic (exact) mass is 490 g/mol. The van der Waals surface area contributed by atoms with Crippen LogP contribution in [0.2, 0.25) is 0 Å². The van der Waals surface area contributed by atoms with Crippen molar-refractivity contribution in [3.8, 4) is 11.5 Å². The molecule has 0 radical (unpaired) electrons. The maximum absolute atomic E-state index is 13.8. The molecule has 36 heavy (non-hydrogen) atoms. The van der Waals surface area contributed by atoms with Crippen LogP contribution in [0.3, 0.4) is 0 Å². The highest BCUT2D eigenvalue weighted by Gasteiger charge is 2.29. The zero-order valence-electron chi connectivity index (χ0n) is 20.9. The predicted octanol–water partition coefficient (Wildman–Crippen LogP) is 4.96. The molecular formula is C28H31FN4O3. The van der Waals surface area contributed by atoms with Gasteiger partial charge < -0.3 is 19.3 Å². The molecule has 7 nitrogen and oxygen atoms in total. The summed E-state index contributed by atoms with van der Waals surface area (Å²) in [5.41, 5.74) is 1.56. The van der Waals surface area contributed by atoms with Crippen LogP contribution in [0.4, 0.5) is 10.2 Å². The molecule has 2 heterocycles. The van der Waals surface area contributed by atoms with Gasteiger partial charge in [-0.3, -0.25) is 4.79 Å². The fourth-order valence-electron chi connectivity index (χ4n) is 4.44. The summed E-state index contributed by atoms with van der Waals surface area (Å²) < 4.78 is 24.6. The lowest BCUT2D eigenvalue weighted by molar-refractivity contribution is -0.128. The molecule has 0 aliphatic carbocycles. The minimum absolute atomic E-state index is 0.0500. The van der Waals surface area contributed by atoms with E-state index < -0.39 is 5.82 Å². The SMILES string of the molecule is C=CC(=O)N1CCN(c2nc(/C=C/c3ccc(F)c(OC)c3)nc3ccc(OCC)cc23)CC1CC. The Morgan fingerprint density at radius 2 is 2.00 bits per heavy atom. The number of carbonyl (C=O) groups is 1. The Labute approximate surface area is 210 Å². The van der Waals surface area contributed by atoms with Crippen molar-refractivity contribution < 1.29 is 18.7 Å². The lowest BCUT2D eigenvalue weighted by Gasteiger charge is -2.41. The second-order valence-corrected chi connectivity index (χ2v) is 8.49. The highest BCUT2D eigenvalue weighted by Crippen LogP contribution is 2.30. The van der Waals surface area contributed by atoms with Gasteiger partial charge in [-0.1, -0.05) is 25.6 Å². The van der Waals surface area contributed by atoms with E-state index in [0.29, 0.717) is 32.1 Å². The van der Waals surface area contributed by atoms with E-state index in [2.05, 4.69) is 18.4 Å². The van der Waals surface area contributed by atoms with Crippen LogP contribution < -0.4 is 14.4 Å². The first-order valence-electron chi connectivity index (χ1n) is 12.1. The molecule has 4 rings (SSSR count). The van der Waals surface area contributed by atoms with Crippen molar-refractivity contribution in [1.82, 2.24) is 14.9 Å². The number of hydrogen-bond donors (Lipinski definition) is 0. The minimum Gasteiger partial charge on any atom is -0.494 e. The maximum atomic E-state index is 13.8. The Balaban J connectivity index is 1.73. The fraction of sp³-hybridized carbons (Fsp3) is 0.321. The average molecular weight is 491 g/mol. The van der Waals surface area contributed by atoms with Crippen molar-refractivity contribution in [2.45, 2.75) is 26.3 Å². The van der Waals surface area contributed by atoms with Crippen molar-refractivity contribution in [2.75, 3.05) is 38.3 Å². The van der Waals surface area contributed by atoms with Crippen molar-refractivity contribution in [3.05, 3.63) is 66.3 Å². The number of aromatic nitrogens is 2. The van der Waals surface area contributed by atoms with Gasteiger partial charge in [0.25, 0.3) is 0 Å². The average Bonchev–Trinajstić information content (AvgIpc) is 2.91. The molecule has 1 aliphatic heterocycles. The van der Waals surface area contributed by atoms with E-state index in [4.69, 9.17) is 19.4 Å². The summed E-state index contributed by atoms with van der Waals surface area (Å²) in [5, 5.41) is 0.889. The number of carbonyl (C=O) groups excluding carboxylic acids is 1. The molecule has 3 aromatic rings. The summed E-state index contributed by atoms with van der Waals surface area (Å²) in [6.45, 7) is 10.1. The van der Waals surface area contributed by atoms with Gasteiger partial charge in [-0.15, -0.1) is 0 Å². The Morgan fingerprint density at radius 3 is 2.72 bits per heavy atom. The number of ether oxygens (including phenoxy) is 2. The lowest BCUT2D eigenvalue weighted by atomic mass is 10.1. The number of hydrogen-bond acceptors (Lipinski definition) is 6. The summed E-state index contributed by atoms with van der Waals surface area (Å²) in [5.74, 6) is 1.79. The van der Waals surface area contributed by atoms with Gasteiger partial charge in [0.2, 0.25) is 5.91 Å². The van der Waals surface area contributed by atoms with Crippen LogP contribution in [0.5, 0.6) is 11.5 Å². The highest BCUT2D eigenvalue weighted by molar-refractivity contribution is 5.92. The Morgan fingerprint density at radius 1 is 1.17 bits per heavy atom. The summed E-state index contributed by atoms with van der Waals surface area (Å²) in [6, 6.07) is 10.5. The van der Waals surface area contributed by atoms with Crippen LogP contribution in [0.15, 0.2) is 49.1 Å². The van der Waals surface area contributed by atoms with Gasteiger partial charge in [0.1, 0.15) is 11.6 Å². The van der Waals surface area contributed by atoms with Crippen LogP contribution in [0, 0.1) is 5.82 Å². The van der Waals surface area contributed by atoms with E-state index in [9.17, 15) is 9.18 Å². The zero-order valence-corrected chi connectivity index (χ0v) is 20.9. The Kier molecular flexibility index (Phi) is 7.83. The molecule has 2 aromatic carbocycles. The van der Waals surface area contributed by atoms with Crippen LogP contribution in [0.25, 0.3) is 23.1 Å². The molecule has 0 spiro atoms. The molecule has 8 heteroatoms. The normalized spacial score (nSPS) is 15.9. The molecule has 1 aromatic heterocycles. The number of rotatable bonds is 8. The second-order valence-electron chi connectivity index (χ2n) is 8.49. The van der Waals surface area contributed by atoms with E-state index in [1.54, 1.807) is 18.2 Å². The summed E-state index contributed by atoms with van der Waals surface area (Å²) in [7, 11) is 1.44. The van der Waals surface area contributed by atoms with E-state index in [0.717, 1.165) is 34.5 Å². The Hall–Kier alpha value is -3.94. The highest BCUT2D eigenvalue weighted by atomic mass is 19.1. The smallest absolute Gasteiger partial charge is 0.246 e. The van der Waals surface area contributed by atoms with Crippen molar-refractivity contribution in [2.24, 2.45) is 0 Å². The molecule has 1 unspecified atom stereocenters. The van der Waals surface area contributed by atoms with Crippen LogP contribution in [0.1, 0.15) is 31.7 Å². The zero-order chi connectivity index (χ0) is 25.7. The molecule has 1 fully saturated rings. The Bertz CT molecular complexity index is 1290. The third kappa shape index (κ3) is 5.32. The predicted molar refractivity (Wildman–Crippen MR) is 141 cm³/mol. The minimum atomic E-state index is -0.413. The number of nitrogens with zero attached hydrogens (tertiary/aromatic N) is 4. The van der Waals surface area contributed by atoms with Gasteiger partial charge in [0.05, 0.1) is 19.2 Å².